The first-order chi connectivity index (χ1) is 22.0. The van der Waals surface area contributed by atoms with Crippen molar-refractivity contribution in [2.24, 2.45) is 0 Å². The highest BCUT2D eigenvalue weighted by molar-refractivity contribution is 7.54. The van der Waals surface area contributed by atoms with E-state index in [9.17, 15) is 39.3 Å². The second-order valence-corrected chi connectivity index (χ2v) is 15.1. The van der Waals surface area contributed by atoms with E-state index in [1.807, 2.05) is 0 Å². The van der Waals surface area contributed by atoms with E-state index in [2.05, 4.69) is 26.0 Å². The minimum absolute atomic E-state index is 0.254. The van der Waals surface area contributed by atoms with Gasteiger partial charge in [0.1, 0.15) is 0 Å². The molecule has 0 fully saturated rings. The normalized spacial score (nSPS) is 14.8. The summed E-state index contributed by atoms with van der Waals surface area (Å²) in [5.74, 6) is -2.43. The van der Waals surface area contributed by atoms with Crippen molar-refractivity contribution in [2.75, 3.05) is 6.61 Å². The first-order valence-corrected chi connectivity index (χ1v) is 20.5. The second kappa shape index (κ2) is 28.0. The van der Waals surface area contributed by atoms with E-state index in [4.69, 9.17) is 0 Å². The quantitative estimate of drug-likeness (QED) is 0.0257. The van der Waals surface area contributed by atoms with E-state index in [-0.39, 0.29) is 12.8 Å². The number of hydrogen-bond donors (Lipinski definition) is 5. The Balaban J connectivity index is 4.45. The Morgan fingerprint density at radius 3 is 1.15 bits per heavy atom. The van der Waals surface area contributed by atoms with Crippen molar-refractivity contribution in [3.8, 4) is 0 Å². The highest BCUT2D eigenvalue weighted by atomic mass is 31.2. The number of unbranched alkanes of at least 4 members (excludes halogenated alkanes) is 23. The van der Waals surface area contributed by atoms with Crippen LogP contribution < -0.4 is 0 Å². The third-order valence-electron chi connectivity index (χ3n) is 9.25. The summed E-state index contributed by atoms with van der Waals surface area (Å²) in [6.07, 6.45) is 31.3. The summed E-state index contributed by atoms with van der Waals surface area (Å²) in [4.78, 5) is 45.8. The van der Waals surface area contributed by atoms with Gasteiger partial charge in [-0.25, -0.2) is 0 Å². The van der Waals surface area contributed by atoms with E-state index < -0.39 is 43.1 Å². The standard InChI is InChI=1S/C37H71O8P/c1-3-5-7-9-11-13-15-17-18-20-22-24-26-28-30-32-35(40)37(42,46(43,44)45)36(41,33-38)34(39)31-29-27-25-23-21-19-16-14-12-10-8-6-4-2/h17-18,38,41-42H,3-16,19-33H2,1-2H3,(H2,43,44,45). The Morgan fingerprint density at radius 1 is 0.522 bits per heavy atom. The number of aliphatic hydroxyl groups excluding tert-OH is 1. The molecular weight excluding hydrogens is 603 g/mol. The molecule has 0 saturated heterocycles. The van der Waals surface area contributed by atoms with Gasteiger partial charge in [-0.1, -0.05) is 154 Å². The van der Waals surface area contributed by atoms with E-state index in [1.54, 1.807) is 0 Å². The first-order valence-electron chi connectivity index (χ1n) is 18.9. The van der Waals surface area contributed by atoms with Crippen LogP contribution in [0.4, 0.5) is 0 Å². The number of allylic oxidation sites excluding steroid dienone is 2. The minimum Gasteiger partial charge on any atom is -0.393 e. The number of rotatable bonds is 34. The van der Waals surface area contributed by atoms with Crippen molar-refractivity contribution in [3.63, 3.8) is 0 Å². The van der Waals surface area contributed by atoms with Crippen LogP contribution in [0.25, 0.3) is 0 Å². The summed E-state index contributed by atoms with van der Waals surface area (Å²) in [7, 11) is -5.73. The molecule has 8 nitrogen and oxygen atoms in total. The zero-order chi connectivity index (χ0) is 34.6. The van der Waals surface area contributed by atoms with Gasteiger partial charge in [-0.2, -0.15) is 0 Å². The van der Waals surface area contributed by atoms with Crippen LogP contribution in [0.15, 0.2) is 12.2 Å². The molecule has 0 bridgehead atoms. The zero-order valence-corrected chi connectivity index (χ0v) is 30.5. The smallest absolute Gasteiger partial charge is 0.368 e. The van der Waals surface area contributed by atoms with Gasteiger partial charge in [0.05, 0.1) is 6.61 Å². The van der Waals surface area contributed by atoms with E-state index in [0.29, 0.717) is 19.3 Å². The van der Waals surface area contributed by atoms with Gasteiger partial charge in [0.15, 0.2) is 17.2 Å². The maximum absolute atomic E-state index is 13.0. The fourth-order valence-electron chi connectivity index (χ4n) is 6.07. The Bertz CT molecular complexity index is 841. The Morgan fingerprint density at radius 2 is 0.826 bits per heavy atom. The maximum atomic E-state index is 13.0. The van der Waals surface area contributed by atoms with Gasteiger partial charge in [0, 0.05) is 12.8 Å². The highest BCUT2D eigenvalue weighted by Gasteiger charge is 2.68. The molecule has 46 heavy (non-hydrogen) atoms. The topological polar surface area (TPSA) is 152 Å². The van der Waals surface area contributed by atoms with E-state index in [1.165, 1.54) is 89.9 Å². The minimum atomic E-state index is -5.73. The maximum Gasteiger partial charge on any atom is 0.368 e. The third kappa shape index (κ3) is 18.6. The van der Waals surface area contributed by atoms with Crippen LogP contribution in [0.5, 0.6) is 0 Å². The summed E-state index contributed by atoms with van der Waals surface area (Å²) in [5.41, 5.74) is -3.26. The van der Waals surface area contributed by atoms with Gasteiger partial charge in [0.25, 0.3) is 5.34 Å². The number of carbonyl (C=O) groups is 2. The van der Waals surface area contributed by atoms with Gasteiger partial charge >= 0.3 is 7.60 Å². The molecule has 0 saturated carbocycles. The van der Waals surface area contributed by atoms with Crippen LogP contribution in [0, 0.1) is 0 Å². The Hall–Kier alpha value is -0.890. The molecule has 272 valence electrons. The highest BCUT2D eigenvalue weighted by Crippen LogP contribution is 2.56. The van der Waals surface area contributed by atoms with Gasteiger partial charge < -0.3 is 25.1 Å². The largest absolute Gasteiger partial charge is 0.393 e. The predicted octanol–water partition coefficient (Wildman–Crippen LogP) is 9.23. The van der Waals surface area contributed by atoms with Gasteiger partial charge in [-0.3, -0.25) is 14.2 Å². The van der Waals surface area contributed by atoms with Crippen molar-refractivity contribution >= 4 is 19.2 Å². The lowest BCUT2D eigenvalue weighted by Crippen LogP contribution is -2.65. The van der Waals surface area contributed by atoms with Crippen LogP contribution in [-0.4, -0.2) is 54.2 Å². The molecule has 0 heterocycles. The predicted molar refractivity (Wildman–Crippen MR) is 189 cm³/mol. The number of hydrogen-bond acceptors (Lipinski definition) is 6. The lowest BCUT2D eigenvalue weighted by atomic mass is 9.85. The summed E-state index contributed by atoms with van der Waals surface area (Å²) < 4.78 is 12.3. The molecule has 0 spiro atoms. The van der Waals surface area contributed by atoms with Crippen LogP contribution in [-0.2, 0) is 14.2 Å². The number of Topliss-reactive ketones (excluding diaryl/α,β-unsaturated/α-hetero) is 2. The summed E-state index contributed by atoms with van der Waals surface area (Å²) in [6, 6.07) is 0. The van der Waals surface area contributed by atoms with Crippen LogP contribution in [0.2, 0.25) is 0 Å². The number of ketones is 2. The summed E-state index contributed by atoms with van der Waals surface area (Å²) >= 11 is 0. The average molecular weight is 675 g/mol. The number of carbonyl (C=O) groups excluding carboxylic acids is 2. The molecule has 0 aromatic heterocycles. The van der Waals surface area contributed by atoms with E-state index in [0.717, 1.165) is 51.4 Å². The molecule has 0 aromatic carbocycles. The SMILES string of the molecule is CCCCCCCCC=CCCCCCCCC(=O)C(O)(C(O)(CO)C(=O)CCCCCCCCCCCCCCC)P(=O)(O)O. The lowest BCUT2D eigenvalue weighted by Gasteiger charge is -2.39. The van der Waals surface area contributed by atoms with E-state index >= 15 is 0 Å². The molecule has 0 aliphatic carbocycles. The molecule has 0 rings (SSSR count). The second-order valence-electron chi connectivity index (χ2n) is 13.4. The summed E-state index contributed by atoms with van der Waals surface area (Å²) in [6.45, 7) is 2.98. The van der Waals surface area contributed by atoms with Crippen LogP contribution in [0.3, 0.4) is 0 Å². The Labute approximate surface area is 281 Å². The van der Waals surface area contributed by atoms with Crippen LogP contribution in [0.1, 0.15) is 194 Å². The average Bonchev–Trinajstić information content (AvgIpc) is 3.03. The van der Waals surface area contributed by atoms with Crippen LogP contribution >= 0.6 is 7.60 Å². The van der Waals surface area contributed by atoms with Gasteiger partial charge in [-0.15, -0.1) is 0 Å². The number of aliphatic hydroxyl groups is 3. The molecular formula is C37H71O8P. The van der Waals surface area contributed by atoms with Crippen molar-refractivity contribution in [1.82, 2.24) is 0 Å². The molecule has 0 amide bonds. The first kappa shape index (κ1) is 45.1. The zero-order valence-electron chi connectivity index (χ0n) is 29.6. The third-order valence-corrected chi connectivity index (χ3v) is 10.7. The molecule has 0 aliphatic heterocycles. The van der Waals surface area contributed by atoms with Crippen molar-refractivity contribution in [2.45, 2.75) is 205 Å². The molecule has 9 heteroatoms. The molecule has 5 N–H and O–H groups in total. The fourth-order valence-corrected chi connectivity index (χ4v) is 7.18. The molecule has 0 radical (unpaired) electrons. The van der Waals surface area contributed by atoms with Crippen molar-refractivity contribution in [3.05, 3.63) is 12.2 Å². The van der Waals surface area contributed by atoms with Crippen molar-refractivity contribution in [1.29, 1.82) is 0 Å². The molecule has 2 unspecified atom stereocenters. The molecule has 0 aromatic rings. The Kier molecular flexibility index (Phi) is 27.5. The lowest BCUT2D eigenvalue weighted by molar-refractivity contribution is -0.176. The fraction of sp³-hybridized carbons (Fsp3) is 0.892. The van der Waals surface area contributed by atoms with Gasteiger partial charge in [-0.05, 0) is 38.5 Å². The summed E-state index contributed by atoms with van der Waals surface area (Å²) in [5, 5.41) is 28.1. The van der Waals surface area contributed by atoms with Crippen molar-refractivity contribution < 1.29 is 39.3 Å². The molecule has 2 atom stereocenters. The molecule has 0 aliphatic rings. The van der Waals surface area contributed by atoms with Gasteiger partial charge in [0.2, 0.25) is 0 Å². The monoisotopic (exact) mass is 674 g/mol.